The van der Waals surface area contributed by atoms with Gasteiger partial charge < -0.3 is 20.1 Å². The molecule has 8 nitrogen and oxygen atoms in total. The predicted octanol–water partition coefficient (Wildman–Crippen LogP) is 5.15. The molecule has 158 valence electrons. The van der Waals surface area contributed by atoms with Gasteiger partial charge in [-0.05, 0) is 11.1 Å². The number of nitrogens with zero attached hydrogens (tertiary/aromatic N) is 4. The number of rotatable bonds is 2. The number of nitrogens with one attached hydrogen (secondary N) is 2. The molecule has 3 aromatic carbocycles. The molecule has 2 N–H and O–H groups in total. The summed E-state index contributed by atoms with van der Waals surface area (Å²) >= 11 is 0. The van der Waals surface area contributed by atoms with E-state index in [1.165, 1.54) is 0 Å². The molecule has 5 rings (SSSR count). The average Bonchev–Trinajstić information content (AvgIpc) is 3.51. The molecule has 0 unspecified atom stereocenters. The summed E-state index contributed by atoms with van der Waals surface area (Å²) in [6, 6.07) is 26.4. The number of ether oxygens (including phenoxy) is 2. The highest BCUT2D eigenvalue weighted by molar-refractivity contribution is 6.06. The molecular weight excluding hydrogens is 428 g/mol. The lowest BCUT2D eigenvalue weighted by atomic mass is 9.90. The molecule has 34 heavy (non-hydrogen) atoms. The molecule has 8 heteroatoms. The second-order valence-electron chi connectivity index (χ2n) is 7.20. The number of hydrogen-bond donors (Lipinski definition) is 2. The number of anilines is 2. The first-order valence-corrected chi connectivity index (χ1v) is 10.0. The number of allylic oxidation sites excluding steroid dienone is 2. The lowest BCUT2D eigenvalue weighted by Gasteiger charge is -2.17. The Hall–Kier alpha value is -5.70. The van der Waals surface area contributed by atoms with E-state index in [9.17, 15) is 21.0 Å². The van der Waals surface area contributed by atoms with E-state index in [1.807, 2.05) is 84.9 Å². The van der Waals surface area contributed by atoms with E-state index in [2.05, 4.69) is 10.6 Å². The van der Waals surface area contributed by atoms with Crippen molar-refractivity contribution in [1.29, 1.82) is 21.0 Å². The largest absolute Gasteiger partial charge is 0.433 e. The first kappa shape index (κ1) is 20.2. The van der Waals surface area contributed by atoms with Crippen LogP contribution in [0.25, 0.3) is 22.3 Å². The van der Waals surface area contributed by atoms with Crippen LogP contribution in [0.1, 0.15) is 0 Å². The Kier molecular flexibility index (Phi) is 4.81. The van der Waals surface area contributed by atoms with Crippen LogP contribution >= 0.6 is 0 Å². The molecule has 0 aliphatic carbocycles. The first-order chi connectivity index (χ1) is 16.7. The van der Waals surface area contributed by atoms with Gasteiger partial charge in [-0.15, -0.1) is 0 Å². The highest BCUT2D eigenvalue weighted by Crippen LogP contribution is 2.60. The maximum Gasteiger partial charge on any atom is 0.227 e. The summed E-state index contributed by atoms with van der Waals surface area (Å²) < 4.78 is 11.8. The summed E-state index contributed by atoms with van der Waals surface area (Å²) in [4.78, 5) is 0. The third kappa shape index (κ3) is 3.05. The van der Waals surface area contributed by atoms with Crippen LogP contribution in [-0.4, -0.2) is 0 Å². The van der Waals surface area contributed by atoms with Gasteiger partial charge in [0.25, 0.3) is 0 Å². The SMILES string of the molecule is N#CC(C#N)=C1Nc2c(c3c(c(-c4ccccc4)c2-c2ccccc2)NC(=C(C#N)C#N)O3)O1. The highest BCUT2D eigenvalue weighted by Gasteiger charge is 2.38. The fourth-order valence-electron chi connectivity index (χ4n) is 3.89. The molecule has 0 saturated heterocycles. The fourth-order valence-corrected chi connectivity index (χ4v) is 3.89. The second-order valence-corrected chi connectivity index (χ2v) is 7.20. The topological polar surface area (TPSA) is 138 Å². The van der Waals surface area contributed by atoms with Crippen molar-refractivity contribution in [2.75, 3.05) is 10.6 Å². The minimum atomic E-state index is -0.235. The summed E-state index contributed by atoms with van der Waals surface area (Å²) in [5.41, 5.74) is 3.68. The molecule has 0 bridgehead atoms. The molecule has 2 heterocycles. The van der Waals surface area contributed by atoms with Crippen LogP contribution in [0.15, 0.2) is 83.6 Å². The van der Waals surface area contributed by atoms with Crippen molar-refractivity contribution in [1.82, 2.24) is 0 Å². The Morgan fingerprint density at radius 2 is 0.912 bits per heavy atom. The highest BCUT2D eigenvalue weighted by atomic mass is 16.5. The van der Waals surface area contributed by atoms with E-state index in [4.69, 9.17) is 9.47 Å². The zero-order valence-electron chi connectivity index (χ0n) is 17.4. The Balaban J connectivity index is 1.90. The molecule has 0 saturated carbocycles. The van der Waals surface area contributed by atoms with Gasteiger partial charge in [0.05, 0.1) is 11.4 Å². The van der Waals surface area contributed by atoms with E-state index < -0.39 is 0 Å². The molecule has 2 aliphatic rings. The predicted molar refractivity (Wildman–Crippen MR) is 122 cm³/mol. The first-order valence-electron chi connectivity index (χ1n) is 10.0. The Morgan fingerprint density at radius 1 is 0.559 bits per heavy atom. The van der Waals surface area contributed by atoms with Crippen LogP contribution in [0.5, 0.6) is 11.5 Å². The lowest BCUT2D eigenvalue weighted by molar-refractivity contribution is 0.399. The van der Waals surface area contributed by atoms with Crippen molar-refractivity contribution in [3.63, 3.8) is 0 Å². The van der Waals surface area contributed by atoms with Crippen molar-refractivity contribution in [2.45, 2.75) is 0 Å². The second kappa shape index (κ2) is 8.09. The molecule has 2 aliphatic heterocycles. The number of hydrogen-bond acceptors (Lipinski definition) is 8. The minimum absolute atomic E-state index is 0.0218. The average molecular weight is 440 g/mol. The van der Waals surface area contributed by atoms with Crippen molar-refractivity contribution < 1.29 is 9.47 Å². The van der Waals surface area contributed by atoms with E-state index in [-0.39, 0.29) is 34.4 Å². The van der Waals surface area contributed by atoms with E-state index in [0.29, 0.717) is 11.4 Å². The Bertz CT molecular complexity index is 1420. The van der Waals surface area contributed by atoms with Gasteiger partial charge >= 0.3 is 0 Å². The molecule has 3 aromatic rings. The maximum absolute atomic E-state index is 9.38. The number of nitriles is 4. The lowest BCUT2D eigenvalue weighted by Crippen LogP contribution is -2.03. The third-order valence-electron chi connectivity index (χ3n) is 5.32. The molecule has 0 radical (unpaired) electrons. The van der Waals surface area contributed by atoms with Crippen LogP contribution in [0, 0.1) is 45.3 Å². The molecular formula is C26H12N6O2. The standard InChI is InChI=1S/C26H12N6O2/c27-11-17(12-28)25-31-21-19(15-7-3-1-4-8-15)20(16-9-5-2-6-10-16)22-24(23(21)33-25)34-26(32-22)18(13-29)14-30/h1-10,31-32H. The quantitative estimate of drug-likeness (QED) is 0.522. The molecule has 0 amide bonds. The zero-order chi connectivity index (χ0) is 23.7. The third-order valence-corrected chi connectivity index (χ3v) is 5.32. The van der Waals surface area contributed by atoms with E-state index >= 15 is 0 Å². The Morgan fingerprint density at radius 3 is 1.24 bits per heavy atom. The van der Waals surface area contributed by atoms with Crippen molar-refractivity contribution >= 4 is 11.4 Å². The van der Waals surface area contributed by atoms with Gasteiger partial charge in [0.1, 0.15) is 24.3 Å². The van der Waals surface area contributed by atoms with Crippen LogP contribution in [-0.2, 0) is 0 Å². The fraction of sp³-hybridized carbons (Fsp3) is 0. The van der Waals surface area contributed by atoms with E-state index in [1.54, 1.807) is 0 Å². The van der Waals surface area contributed by atoms with Gasteiger partial charge in [-0.2, -0.15) is 21.0 Å². The molecule has 0 atom stereocenters. The van der Waals surface area contributed by atoms with Gasteiger partial charge in [-0.3, -0.25) is 0 Å². The molecule has 0 aromatic heterocycles. The van der Waals surface area contributed by atoms with Crippen LogP contribution < -0.4 is 20.1 Å². The van der Waals surface area contributed by atoms with Crippen LogP contribution in [0.2, 0.25) is 0 Å². The van der Waals surface area contributed by atoms with Crippen molar-refractivity contribution in [3.05, 3.63) is 83.6 Å². The van der Waals surface area contributed by atoms with E-state index in [0.717, 1.165) is 22.3 Å². The van der Waals surface area contributed by atoms with Gasteiger partial charge in [0, 0.05) is 11.1 Å². The summed E-state index contributed by atoms with van der Waals surface area (Å²) in [7, 11) is 0. The van der Waals surface area contributed by atoms with Gasteiger partial charge in [0.15, 0.2) is 22.6 Å². The molecule has 0 fully saturated rings. The van der Waals surface area contributed by atoms with Crippen LogP contribution in [0.3, 0.4) is 0 Å². The monoisotopic (exact) mass is 440 g/mol. The number of benzene rings is 3. The minimum Gasteiger partial charge on any atom is -0.433 e. The summed E-state index contributed by atoms with van der Waals surface area (Å²) in [5.74, 6) is 0.436. The van der Waals surface area contributed by atoms with Crippen LogP contribution in [0.4, 0.5) is 11.4 Å². The van der Waals surface area contributed by atoms with Crippen molar-refractivity contribution in [2.24, 2.45) is 0 Å². The molecule has 0 spiro atoms. The maximum atomic E-state index is 9.38. The zero-order valence-corrected chi connectivity index (χ0v) is 17.4. The normalized spacial score (nSPS) is 12.2. The number of fused-ring (bicyclic) bond motifs is 3. The smallest absolute Gasteiger partial charge is 0.227 e. The van der Waals surface area contributed by atoms with Gasteiger partial charge in [-0.1, -0.05) is 60.7 Å². The van der Waals surface area contributed by atoms with Crippen molar-refractivity contribution in [3.8, 4) is 58.0 Å². The summed E-state index contributed by atoms with van der Waals surface area (Å²) in [5, 5.41) is 43.7. The van der Waals surface area contributed by atoms with Gasteiger partial charge in [-0.25, -0.2) is 0 Å². The summed E-state index contributed by atoms with van der Waals surface area (Å²) in [6.07, 6.45) is 0. The van der Waals surface area contributed by atoms with Gasteiger partial charge in [0.2, 0.25) is 11.8 Å². The summed E-state index contributed by atoms with van der Waals surface area (Å²) in [6.45, 7) is 0. The Labute approximate surface area is 194 Å².